The van der Waals surface area contributed by atoms with Gasteiger partial charge in [-0.25, -0.2) is 0 Å². The van der Waals surface area contributed by atoms with Crippen LogP contribution in [-0.4, -0.2) is 24.1 Å². The van der Waals surface area contributed by atoms with Gasteiger partial charge in [0.25, 0.3) is 0 Å². The van der Waals surface area contributed by atoms with Crippen molar-refractivity contribution in [1.29, 1.82) is 0 Å². The van der Waals surface area contributed by atoms with E-state index in [0.717, 1.165) is 13.1 Å². The number of hydrogen-bond acceptors (Lipinski definition) is 3. The second kappa shape index (κ2) is 9.77. The zero-order valence-corrected chi connectivity index (χ0v) is 12.3. The van der Waals surface area contributed by atoms with Gasteiger partial charge in [0.1, 0.15) is 0 Å². The number of aryl methyl sites for hydroxylation is 1. The molecule has 6 heteroatoms. The van der Waals surface area contributed by atoms with E-state index < -0.39 is 0 Å². The van der Waals surface area contributed by atoms with Gasteiger partial charge in [-0.1, -0.05) is 0 Å². The number of rotatable bonds is 2. The van der Waals surface area contributed by atoms with Crippen LogP contribution in [-0.2, 0) is 0 Å². The summed E-state index contributed by atoms with van der Waals surface area (Å²) in [5.74, 6) is 0. The van der Waals surface area contributed by atoms with Gasteiger partial charge in [0.15, 0.2) is 0 Å². The molecule has 0 atom stereocenters. The molecule has 3 nitrogen and oxygen atoms in total. The van der Waals surface area contributed by atoms with Gasteiger partial charge in [-0.15, -0.1) is 37.2 Å². The molecule has 17 heavy (non-hydrogen) atoms. The molecule has 2 heterocycles. The zero-order valence-electron chi connectivity index (χ0n) is 9.81. The number of pyridine rings is 1. The molecule has 0 amide bonds. The summed E-state index contributed by atoms with van der Waals surface area (Å²) < 4.78 is 0. The molecular weight excluding hydrogens is 281 g/mol. The highest BCUT2D eigenvalue weighted by molar-refractivity contribution is 5.86. The molecule has 1 aromatic rings. The lowest BCUT2D eigenvalue weighted by molar-refractivity contribution is 0.479. The molecule has 0 unspecified atom stereocenters. The summed E-state index contributed by atoms with van der Waals surface area (Å²) in [6.07, 6.45) is 6.17. The highest BCUT2D eigenvalue weighted by Gasteiger charge is 2.12. The van der Waals surface area contributed by atoms with Gasteiger partial charge in [0, 0.05) is 24.1 Å². The van der Waals surface area contributed by atoms with Gasteiger partial charge in [-0.2, -0.15) is 0 Å². The lowest BCUT2D eigenvalue weighted by atomic mass is 10.1. The maximum atomic E-state index is 4.09. The van der Waals surface area contributed by atoms with Crippen molar-refractivity contribution < 1.29 is 0 Å². The monoisotopic (exact) mass is 299 g/mol. The average molecular weight is 301 g/mol. The fraction of sp³-hybridized carbons (Fsp3) is 0.545. The largest absolute Gasteiger partial charge is 0.382 e. The Labute approximate surface area is 121 Å². The molecule has 0 spiro atoms. The molecule has 1 aromatic heterocycles. The molecule has 2 N–H and O–H groups in total. The van der Waals surface area contributed by atoms with Crippen molar-refractivity contribution in [1.82, 2.24) is 10.3 Å². The normalized spacial score (nSPS) is 14.9. The summed E-state index contributed by atoms with van der Waals surface area (Å²) in [5.41, 5.74) is 2.46. The number of nitrogens with zero attached hydrogens (tertiary/aromatic N) is 1. The van der Waals surface area contributed by atoms with Gasteiger partial charge >= 0.3 is 0 Å². The third kappa shape index (κ3) is 5.77. The van der Waals surface area contributed by atoms with Crippen LogP contribution in [0, 0.1) is 6.92 Å². The molecule has 100 valence electrons. The minimum absolute atomic E-state index is 0. The molecule has 1 aliphatic rings. The maximum absolute atomic E-state index is 4.09. The van der Waals surface area contributed by atoms with E-state index in [1.54, 1.807) is 0 Å². The van der Waals surface area contributed by atoms with Crippen LogP contribution >= 0.6 is 37.2 Å². The van der Waals surface area contributed by atoms with Crippen molar-refractivity contribution in [2.24, 2.45) is 0 Å². The van der Waals surface area contributed by atoms with Crippen LogP contribution in [0.1, 0.15) is 18.4 Å². The van der Waals surface area contributed by atoms with Gasteiger partial charge in [0.2, 0.25) is 0 Å². The molecule has 0 bridgehead atoms. The van der Waals surface area contributed by atoms with E-state index in [0.29, 0.717) is 6.04 Å². The maximum Gasteiger partial charge on any atom is 0.0402 e. The molecule has 0 radical (unpaired) electrons. The van der Waals surface area contributed by atoms with Crippen molar-refractivity contribution in [3.8, 4) is 0 Å². The Kier molecular flexibility index (Phi) is 11.0. The number of anilines is 1. The molecule has 0 aromatic carbocycles. The van der Waals surface area contributed by atoms with E-state index >= 15 is 0 Å². The van der Waals surface area contributed by atoms with Crippen molar-refractivity contribution in [2.75, 3.05) is 18.4 Å². The van der Waals surface area contributed by atoms with Crippen LogP contribution in [0.15, 0.2) is 18.5 Å². The SMILES string of the molecule is Cc1cnccc1NC1CCNCC1.Cl.Cl.Cl. The Balaban J connectivity index is 0. The van der Waals surface area contributed by atoms with E-state index in [1.165, 1.54) is 24.1 Å². The topological polar surface area (TPSA) is 37.0 Å². The van der Waals surface area contributed by atoms with E-state index in [2.05, 4.69) is 28.6 Å². The van der Waals surface area contributed by atoms with Crippen molar-refractivity contribution >= 4 is 42.9 Å². The van der Waals surface area contributed by atoms with E-state index in [1.807, 2.05) is 12.4 Å². The molecule has 2 rings (SSSR count). The fourth-order valence-corrected chi connectivity index (χ4v) is 1.82. The standard InChI is InChI=1S/C11H17N3.3ClH/c1-9-8-13-7-4-11(9)14-10-2-5-12-6-3-10;;;/h4,7-8,10,12H,2-3,5-6H2,1H3,(H,13,14);3*1H. The Hall–Kier alpha value is -0.220. The van der Waals surface area contributed by atoms with E-state index in [4.69, 9.17) is 0 Å². The summed E-state index contributed by atoms with van der Waals surface area (Å²) in [6, 6.07) is 2.68. The van der Waals surface area contributed by atoms with Crippen LogP contribution in [0.3, 0.4) is 0 Å². The quantitative estimate of drug-likeness (QED) is 0.882. The predicted octanol–water partition coefficient (Wildman–Crippen LogP) is 2.82. The first-order valence-corrected chi connectivity index (χ1v) is 5.24. The third-order valence-corrected chi connectivity index (χ3v) is 2.72. The molecule has 1 fully saturated rings. The number of piperidine rings is 1. The minimum atomic E-state index is 0. The Bertz CT molecular complexity index is 304. The second-order valence-electron chi connectivity index (χ2n) is 3.86. The van der Waals surface area contributed by atoms with Crippen molar-refractivity contribution in [2.45, 2.75) is 25.8 Å². The number of hydrogen-bond donors (Lipinski definition) is 2. The van der Waals surface area contributed by atoms with Crippen LogP contribution in [0.2, 0.25) is 0 Å². The lowest BCUT2D eigenvalue weighted by Crippen LogP contribution is -2.35. The molecule has 0 aliphatic carbocycles. The summed E-state index contributed by atoms with van der Waals surface area (Å²) in [5, 5.41) is 6.93. The number of aromatic nitrogens is 1. The molecular formula is C11H20Cl3N3. The second-order valence-corrected chi connectivity index (χ2v) is 3.86. The van der Waals surface area contributed by atoms with Crippen LogP contribution in [0.4, 0.5) is 5.69 Å². The summed E-state index contributed by atoms with van der Waals surface area (Å²) in [6.45, 7) is 4.35. The fourth-order valence-electron chi connectivity index (χ4n) is 1.82. The predicted molar refractivity (Wildman–Crippen MR) is 80.2 cm³/mol. The molecule has 1 aliphatic heterocycles. The van der Waals surface area contributed by atoms with E-state index in [-0.39, 0.29) is 37.2 Å². The van der Waals surface area contributed by atoms with Crippen LogP contribution < -0.4 is 10.6 Å². The minimum Gasteiger partial charge on any atom is -0.382 e. The van der Waals surface area contributed by atoms with Crippen molar-refractivity contribution in [3.63, 3.8) is 0 Å². The Morgan fingerprint density at radius 2 is 1.88 bits per heavy atom. The first-order chi connectivity index (χ1) is 6.86. The smallest absolute Gasteiger partial charge is 0.0402 e. The summed E-state index contributed by atoms with van der Waals surface area (Å²) >= 11 is 0. The third-order valence-electron chi connectivity index (χ3n) is 2.72. The Morgan fingerprint density at radius 3 is 2.47 bits per heavy atom. The van der Waals surface area contributed by atoms with Gasteiger partial charge in [0.05, 0.1) is 0 Å². The highest BCUT2D eigenvalue weighted by atomic mass is 35.5. The number of halogens is 3. The Morgan fingerprint density at radius 1 is 1.24 bits per heavy atom. The number of nitrogens with one attached hydrogen (secondary N) is 2. The van der Waals surface area contributed by atoms with Crippen LogP contribution in [0.25, 0.3) is 0 Å². The van der Waals surface area contributed by atoms with Gasteiger partial charge in [-0.05, 0) is 44.5 Å². The lowest BCUT2D eigenvalue weighted by Gasteiger charge is -2.25. The summed E-state index contributed by atoms with van der Waals surface area (Å²) in [7, 11) is 0. The van der Waals surface area contributed by atoms with Crippen LogP contribution in [0.5, 0.6) is 0 Å². The highest BCUT2D eigenvalue weighted by Crippen LogP contribution is 2.16. The van der Waals surface area contributed by atoms with E-state index in [9.17, 15) is 0 Å². The van der Waals surface area contributed by atoms with Crippen molar-refractivity contribution in [3.05, 3.63) is 24.0 Å². The van der Waals surface area contributed by atoms with Gasteiger partial charge in [-0.3, -0.25) is 4.98 Å². The first-order valence-electron chi connectivity index (χ1n) is 5.24. The molecule has 0 saturated carbocycles. The first kappa shape index (κ1) is 19.1. The van der Waals surface area contributed by atoms with Gasteiger partial charge < -0.3 is 10.6 Å². The summed E-state index contributed by atoms with van der Waals surface area (Å²) in [4.78, 5) is 4.09. The molecule has 1 saturated heterocycles. The zero-order chi connectivity index (χ0) is 9.80. The average Bonchev–Trinajstić information content (AvgIpc) is 2.23.